The van der Waals surface area contributed by atoms with Crippen molar-refractivity contribution in [2.24, 2.45) is 5.92 Å². The Morgan fingerprint density at radius 3 is 2.45 bits per heavy atom. The summed E-state index contributed by atoms with van der Waals surface area (Å²) in [7, 11) is -3.68. The predicted octanol–water partition coefficient (Wildman–Crippen LogP) is 4.05. The van der Waals surface area contributed by atoms with E-state index in [0.29, 0.717) is 17.4 Å². The first-order chi connectivity index (χ1) is 14.9. The number of aromatic nitrogens is 4. The van der Waals surface area contributed by atoms with Gasteiger partial charge in [-0.2, -0.15) is 4.31 Å². The van der Waals surface area contributed by atoms with Crippen molar-refractivity contribution in [3.8, 4) is 5.69 Å². The highest BCUT2D eigenvalue weighted by Crippen LogP contribution is 2.33. The van der Waals surface area contributed by atoms with Crippen LogP contribution in [0.5, 0.6) is 0 Å². The van der Waals surface area contributed by atoms with Crippen LogP contribution >= 0.6 is 0 Å². The van der Waals surface area contributed by atoms with Gasteiger partial charge in [0.25, 0.3) is 0 Å². The predicted molar refractivity (Wildman–Crippen MR) is 119 cm³/mol. The Balaban J connectivity index is 1.72. The fraction of sp³-hybridized carbons (Fsp3) is 0.435. The Morgan fingerprint density at radius 2 is 1.81 bits per heavy atom. The molecular formula is C23H29N5O2S. The first-order valence-electron chi connectivity index (χ1n) is 10.8. The molecule has 31 heavy (non-hydrogen) atoms. The lowest BCUT2D eigenvalue weighted by molar-refractivity contribution is 0.185. The Hall–Kier alpha value is -2.58. The van der Waals surface area contributed by atoms with Crippen LogP contribution in [-0.2, 0) is 16.6 Å². The zero-order valence-electron chi connectivity index (χ0n) is 18.3. The molecule has 2 aromatic carbocycles. The highest BCUT2D eigenvalue weighted by molar-refractivity contribution is 7.89. The molecule has 1 aliphatic rings. The maximum atomic E-state index is 13.9. The molecule has 1 fully saturated rings. The van der Waals surface area contributed by atoms with Crippen molar-refractivity contribution < 1.29 is 8.42 Å². The topological polar surface area (TPSA) is 81.0 Å². The van der Waals surface area contributed by atoms with Crippen LogP contribution in [0.25, 0.3) is 5.69 Å². The van der Waals surface area contributed by atoms with Crippen molar-refractivity contribution >= 4 is 10.0 Å². The molecule has 0 amide bonds. The summed E-state index contributed by atoms with van der Waals surface area (Å²) in [6.45, 7) is 6.47. The number of hydrogen-bond donors (Lipinski definition) is 0. The van der Waals surface area contributed by atoms with Gasteiger partial charge < -0.3 is 0 Å². The summed E-state index contributed by atoms with van der Waals surface area (Å²) >= 11 is 0. The molecule has 2 atom stereocenters. The number of tetrazole rings is 1. The minimum atomic E-state index is -3.68. The number of hydrogen-bond acceptors (Lipinski definition) is 5. The Morgan fingerprint density at radius 1 is 1.06 bits per heavy atom. The van der Waals surface area contributed by atoms with Crippen LogP contribution in [0.1, 0.15) is 49.3 Å². The largest absolute Gasteiger partial charge is 0.243 e. The van der Waals surface area contributed by atoms with E-state index in [1.165, 1.54) is 6.33 Å². The molecule has 0 N–H and O–H groups in total. The lowest BCUT2D eigenvalue weighted by atomic mass is 9.86. The van der Waals surface area contributed by atoms with Crippen molar-refractivity contribution in [2.45, 2.75) is 63.9 Å². The zero-order valence-corrected chi connectivity index (χ0v) is 19.1. The third kappa shape index (κ3) is 4.55. The van der Waals surface area contributed by atoms with Gasteiger partial charge in [0.05, 0.1) is 10.6 Å². The van der Waals surface area contributed by atoms with Gasteiger partial charge >= 0.3 is 0 Å². The second kappa shape index (κ2) is 8.88. The number of aryl methyl sites for hydroxylation is 2. The molecule has 3 aromatic rings. The molecule has 8 heteroatoms. The van der Waals surface area contributed by atoms with Gasteiger partial charge in [-0.1, -0.05) is 49.6 Å². The molecule has 0 saturated heterocycles. The van der Waals surface area contributed by atoms with Crippen molar-refractivity contribution in [3.05, 3.63) is 65.5 Å². The van der Waals surface area contributed by atoms with Crippen molar-refractivity contribution in [1.82, 2.24) is 24.5 Å². The Kier molecular flexibility index (Phi) is 6.20. The average molecular weight is 440 g/mol. The summed E-state index contributed by atoms with van der Waals surface area (Å²) in [6, 6.07) is 13.3. The van der Waals surface area contributed by atoms with Crippen molar-refractivity contribution in [1.29, 1.82) is 0 Å². The van der Waals surface area contributed by atoms with E-state index in [0.717, 1.165) is 48.1 Å². The molecule has 1 aliphatic carbocycles. The van der Waals surface area contributed by atoms with Crippen LogP contribution in [0.4, 0.5) is 0 Å². The van der Waals surface area contributed by atoms with E-state index < -0.39 is 10.0 Å². The van der Waals surface area contributed by atoms with Gasteiger partial charge in [0.2, 0.25) is 10.0 Å². The van der Waals surface area contributed by atoms with Gasteiger partial charge in [-0.05, 0) is 72.4 Å². The standard InChI is InChI=1S/C23H29N5O2S/c1-17-8-10-20(11-9-17)15-28(23-7-5-4-6-18(23)2)31(29,30)21-12-13-22(19(3)14-21)27-16-24-25-26-27/h8-14,16,18,23H,4-7,15H2,1-3H3. The summed E-state index contributed by atoms with van der Waals surface area (Å²) in [5.41, 5.74) is 3.74. The third-order valence-corrected chi connectivity index (χ3v) is 8.13. The lowest BCUT2D eigenvalue weighted by Gasteiger charge is -2.38. The molecular weight excluding hydrogens is 410 g/mol. The molecule has 1 aromatic heterocycles. The van der Waals surface area contributed by atoms with E-state index in [-0.39, 0.29) is 6.04 Å². The van der Waals surface area contributed by atoms with E-state index in [2.05, 4.69) is 22.4 Å². The second-order valence-corrected chi connectivity index (χ2v) is 10.5. The summed E-state index contributed by atoms with van der Waals surface area (Å²) in [5, 5.41) is 11.3. The van der Waals surface area contributed by atoms with Gasteiger partial charge in [-0.3, -0.25) is 0 Å². The lowest BCUT2D eigenvalue weighted by Crippen LogP contribution is -2.44. The number of nitrogens with zero attached hydrogens (tertiary/aromatic N) is 5. The zero-order chi connectivity index (χ0) is 22.0. The van der Waals surface area contributed by atoms with Gasteiger partial charge in [0, 0.05) is 12.6 Å². The van der Waals surface area contributed by atoms with Crippen LogP contribution in [0.2, 0.25) is 0 Å². The molecule has 1 saturated carbocycles. The second-order valence-electron chi connectivity index (χ2n) is 8.57. The van der Waals surface area contributed by atoms with Crippen molar-refractivity contribution in [3.63, 3.8) is 0 Å². The molecule has 0 radical (unpaired) electrons. The maximum Gasteiger partial charge on any atom is 0.243 e. The summed E-state index contributed by atoms with van der Waals surface area (Å²) in [5.74, 6) is 0.329. The molecule has 4 rings (SSSR count). The highest BCUT2D eigenvalue weighted by atomic mass is 32.2. The van der Waals surface area contributed by atoms with Crippen LogP contribution in [-0.4, -0.2) is 39.0 Å². The first kappa shape index (κ1) is 21.6. The fourth-order valence-corrected chi connectivity index (χ4v) is 6.26. The highest BCUT2D eigenvalue weighted by Gasteiger charge is 2.36. The van der Waals surface area contributed by atoms with Crippen LogP contribution in [0, 0.1) is 19.8 Å². The van der Waals surface area contributed by atoms with Gasteiger partial charge in [-0.25, -0.2) is 13.1 Å². The van der Waals surface area contributed by atoms with E-state index >= 15 is 0 Å². The number of rotatable bonds is 6. The van der Waals surface area contributed by atoms with Crippen molar-refractivity contribution in [2.75, 3.05) is 0 Å². The average Bonchev–Trinajstić information content (AvgIpc) is 3.28. The SMILES string of the molecule is Cc1ccc(CN(C2CCCCC2C)S(=O)(=O)c2ccc(-n3cnnn3)c(C)c2)cc1. The fourth-order valence-electron chi connectivity index (χ4n) is 4.43. The van der Waals surface area contributed by atoms with Crippen LogP contribution in [0.3, 0.4) is 0 Å². The minimum Gasteiger partial charge on any atom is -0.207 e. The smallest absolute Gasteiger partial charge is 0.207 e. The normalized spacial score (nSPS) is 19.6. The van der Waals surface area contributed by atoms with Crippen LogP contribution in [0.15, 0.2) is 53.7 Å². The first-order valence-corrected chi connectivity index (χ1v) is 12.2. The summed E-state index contributed by atoms with van der Waals surface area (Å²) in [6.07, 6.45) is 5.68. The van der Waals surface area contributed by atoms with E-state index in [1.807, 2.05) is 38.1 Å². The number of sulfonamides is 1. The quantitative estimate of drug-likeness (QED) is 0.579. The molecule has 7 nitrogen and oxygen atoms in total. The summed E-state index contributed by atoms with van der Waals surface area (Å²) < 4.78 is 31.0. The van der Waals surface area contributed by atoms with E-state index in [1.54, 1.807) is 27.2 Å². The van der Waals surface area contributed by atoms with E-state index in [4.69, 9.17) is 0 Å². The van der Waals surface area contributed by atoms with Gasteiger partial charge in [0.1, 0.15) is 6.33 Å². The minimum absolute atomic E-state index is 0.000416. The molecule has 0 spiro atoms. The summed E-state index contributed by atoms with van der Waals surface area (Å²) in [4.78, 5) is 0.312. The molecule has 0 bridgehead atoms. The Bertz CT molecular complexity index is 1130. The maximum absolute atomic E-state index is 13.9. The van der Waals surface area contributed by atoms with Gasteiger partial charge in [-0.15, -0.1) is 5.10 Å². The van der Waals surface area contributed by atoms with Gasteiger partial charge in [0.15, 0.2) is 0 Å². The number of benzene rings is 2. The molecule has 0 aliphatic heterocycles. The third-order valence-electron chi connectivity index (χ3n) is 6.27. The Labute approximate surface area is 184 Å². The molecule has 1 heterocycles. The molecule has 2 unspecified atom stereocenters. The molecule has 164 valence electrons. The van der Waals surface area contributed by atoms with Crippen LogP contribution < -0.4 is 0 Å². The monoisotopic (exact) mass is 439 g/mol. The van der Waals surface area contributed by atoms with E-state index in [9.17, 15) is 8.42 Å².